The molecule has 1 fully saturated rings. The smallest absolute Gasteiger partial charge is 0.191 e. The number of nitrogens with one attached hydrogen (secondary N) is 2. The first kappa shape index (κ1) is 21.6. The highest BCUT2D eigenvalue weighted by molar-refractivity contribution is 14.0. The molecule has 0 bridgehead atoms. The number of guanidine groups is 1. The third-order valence-electron chi connectivity index (χ3n) is 4.27. The number of nitrogens with zero attached hydrogens (tertiary/aromatic N) is 4. The molecule has 1 saturated heterocycles. The van der Waals surface area contributed by atoms with E-state index in [0.29, 0.717) is 12.6 Å². The van der Waals surface area contributed by atoms with Crippen LogP contribution in [0.15, 0.2) is 4.99 Å². The quantitative estimate of drug-likeness (QED) is 0.393. The zero-order valence-electron chi connectivity index (χ0n) is 15.4. The van der Waals surface area contributed by atoms with Crippen molar-refractivity contribution in [3.63, 3.8) is 0 Å². The summed E-state index contributed by atoms with van der Waals surface area (Å²) in [7, 11) is 4.39. The molecular formula is C16H31IN6S. The average Bonchev–Trinajstić information content (AvgIpc) is 2.84. The molecular weight excluding hydrogens is 435 g/mol. The molecule has 8 heteroatoms. The van der Waals surface area contributed by atoms with Gasteiger partial charge in [0, 0.05) is 43.6 Å². The molecule has 1 aliphatic rings. The largest absolute Gasteiger partial charge is 0.357 e. The van der Waals surface area contributed by atoms with Gasteiger partial charge in [-0.2, -0.15) is 0 Å². The van der Waals surface area contributed by atoms with Crippen LogP contribution >= 0.6 is 35.3 Å². The van der Waals surface area contributed by atoms with E-state index in [0.717, 1.165) is 49.4 Å². The number of hydrogen-bond donors (Lipinski definition) is 2. The SMILES string of the molecule is CCNC(=NCc1nc(C)c(C)s1)NCC1CN(C)CCN1C.I. The molecule has 1 atom stereocenters. The summed E-state index contributed by atoms with van der Waals surface area (Å²) in [5.74, 6) is 0.875. The summed E-state index contributed by atoms with van der Waals surface area (Å²) in [4.78, 5) is 15.3. The van der Waals surface area contributed by atoms with Gasteiger partial charge in [0.25, 0.3) is 0 Å². The van der Waals surface area contributed by atoms with Crippen LogP contribution in [0.25, 0.3) is 0 Å². The van der Waals surface area contributed by atoms with E-state index in [2.05, 4.69) is 65.3 Å². The van der Waals surface area contributed by atoms with Crippen molar-refractivity contribution < 1.29 is 0 Å². The van der Waals surface area contributed by atoms with Gasteiger partial charge in [-0.3, -0.25) is 4.90 Å². The van der Waals surface area contributed by atoms with Crippen LogP contribution in [0.5, 0.6) is 0 Å². The van der Waals surface area contributed by atoms with Gasteiger partial charge in [-0.25, -0.2) is 9.98 Å². The van der Waals surface area contributed by atoms with E-state index in [1.165, 1.54) is 4.88 Å². The highest BCUT2D eigenvalue weighted by Gasteiger charge is 2.22. The lowest BCUT2D eigenvalue weighted by molar-refractivity contribution is 0.116. The maximum absolute atomic E-state index is 4.68. The molecule has 1 aliphatic heterocycles. The van der Waals surface area contributed by atoms with E-state index >= 15 is 0 Å². The number of aliphatic imine (C=N–C) groups is 1. The van der Waals surface area contributed by atoms with Crippen molar-refractivity contribution in [3.8, 4) is 0 Å². The first-order valence-corrected chi connectivity index (χ1v) is 9.15. The Labute approximate surface area is 167 Å². The molecule has 0 spiro atoms. The van der Waals surface area contributed by atoms with Gasteiger partial charge in [0.05, 0.1) is 12.2 Å². The Morgan fingerprint density at radius 3 is 2.67 bits per heavy atom. The number of aryl methyl sites for hydroxylation is 2. The topological polar surface area (TPSA) is 55.8 Å². The lowest BCUT2D eigenvalue weighted by Gasteiger charge is -2.37. The van der Waals surface area contributed by atoms with E-state index in [-0.39, 0.29) is 24.0 Å². The summed E-state index contributed by atoms with van der Waals surface area (Å²) >= 11 is 1.73. The molecule has 2 rings (SSSR count). The molecule has 1 unspecified atom stereocenters. The van der Waals surface area contributed by atoms with Crippen molar-refractivity contribution in [2.75, 3.05) is 46.8 Å². The van der Waals surface area contributed by atoms with Crippen molar-refractivity contribution in [2.24, 2.45) is 4.99 Å². The van der Waals surface area contributed by atoms with Crippen LogP contribution in [-0.4, -0.2) is 73.6 Å². The number of hydrogen-bond acceptors (Lipinski definition) is 5. The van der Waals surface area contributed by atoms with Crippen LogP contribution in [0.4, 0.5) is 0 Å². The summed E-state index contributed by atoms with van der Waals surface area (Å²) in [6.45, 7) is 12.0. The summed E-state index contributed by atoms with van der Waals surface area (Å²) in [5.41, 5.74) is 1.12. The maximum Gasteiger partial charge on any atom is 0.191 e. The van der Waals surface area contributed by atoms with Crippen molar-refractivity contribution in [2.45, 2.75) is 33.4 Å². The second-order valence-electron chi connectivity index (χ2n) is 6.22. The van der Waals surface area contributed by atoms with Crippen molar-refractivity contribution in [1.82, 2.24) is 25.4 Å². The lowest BCUT2D eigenvalue weighted by Crippen LogP contribution is -2.55. The molecule has 138 valence electrons. The fourth-order valence-corrected chi connectivity index (χ4v) is 3.49. The second kappa shape index (κ2) is 10.5. The van der Waals surface area contributed by atoms with Gasteiger partial charge in [0.2, 0.25) is 0 Å². The van der Waals surface area contributed by atoms with Crippen LogP contribution in [0.1, 0.15) is 22.5 Å². The molecule has 1 aromatic heterocycles. The van der Waals surface area contributed by atoms with Crippen molar-refractivity contribution >= 4 is 41.3 Å². The third-order valence-corrected chi connectivity index (χ3v) is 5.33. The van der Waals surface area contributed by atoms with E-state index < -0.39 is 0 Å². The summed E-state index contributed by atoms with van der Waals surface area (Å²) in [6.07, 6.45) is 0. The number of rotatable bonds is 5. The molecule has 6 nitrogen and oxygen atoms in total. The molecule has 0 aromatic carbocycles. The molecule has 2 N–H and O–H groups in total. The number of likely N-dealkylation sites (N-methyl/N-ethyl adjacent to an activating group) is 2. The standard InChI is InChI=1S/C16H30N6S.HI/c1-6-17-16(19-10-15-20-12(2)13(3)23-15)18-9-14-11-21(4)7-8-22(14)5;/h14H,6-11H2,1-5H3,(H2,17,18,19);1H. The van der Waals surface area contributed by atoms with Gasteiger partial charge in [-0.15, -0.1) is 35.3 Å². The lowest BCUT2D eigenvalue weighted by atomic mass is 10.2. The van der Waals surface area contributed by atoms with Crippen LogP contribution < -0.4 is 10.6 Å². The summed E-state index contributed by atoms with van der Waals surface area (Å²) in [5, 5.41) is 7.88. The number of thiazole rings is 1. The predicted octanol–water partition coefficient (Wildman–Crippen LogP) is 1.68. The first-order valence-electron chi connectivity index (χ1n) is 8.33. The molecule has 1 aromatic rings. The highest BCUT2D eigenvalue weighted by atomic mass is 127. The number of piperazine rings is 1. The minimum Gasteiger partial charge on any atom is -0.357 e. The zero-order valence-corrected chi connectivity index (χ0v) is 18.6. The normalized spacial score (nSPS) is 19.9. The van der Waals surface area contributed by atoms with E-state index in [1.807, 2.05) is 0 Å². The van der Waals surface area contributed by atoms with Crippen molar-refractivity contribution in [3.05, 3.63) is 15.6 Å². The van der Waals surface area contributed by atoms with Crippen LogP contribution in [-0.2, 0) is 6.54 Å². The van der Waals surface area contributed by atoms with Crippen LogP contribution in [0.2, 0.25) is 0 Å². The summed E-state index contributed by atoms with van der Waals surface area (Å²) < 4.78 is 0. The Morgan fingerprint density at radius 1 is 1.29 bits per heavy atom. The fourth-order valence-electron chi connectivity index (χ4n) is 2.63. The molecule has 0 saturated carbocycles. The molecule has 0 amide bonds. The maximum atomic E-state index is 4.68. The number of halogens is 1. The minimum atomic E-state index is 0. The Bertz CT molecular complexity index is 513. The molecule has 0 aliphatic carbocycles. The van der Waals surface area contributed by atoms with E-state index in [4.69, 9.17) is 0 Å². The Morgan fingerprint density at radius 2 is 2.04 bits per heavy atom. The van der Waals surface area contributed by atoms with Gasteiger partial charge < -0.3 is 15.5 Å². The van der Waals surface area contributed by atoms with Crippen LogP contribution in [0, 0.1) is 13.8 Å². The molecule has 2 heterocycles. The van der Waals surface area contributed by atoms with Crippen LogP contribution in [0.3, 0.4) is 0 Å². The first-order chi connectivity index (χ1) is 11.0. The van der Waals surface area contributed by atoms with E-state index in [9.17, 15) is 0 Å². The zero-order chi connectivity index (χ0) is 16.8. The third kappa shape index (κ3) is 6.45. The Hall–Kier alpha value is -0.450. The predicted molar refractivity (Wildman–Crippen MR) is 114 cm³/mol. The second-order valence-corrected chi connectivity index (χ2v) is 7.51. The van der Waals surface area contributed by atoms with Gasteiger partial charge >= 0.3 is 0 Å². The monoisotopic (exact) mass is 466 g/mol. The van der Waals surface area contributed by atoms with Gasteiger partial charge in [0.15, 0.2) is 5.96 Å². The molecule has 24 heavy (non-hydrogen) atoms. The average molecular weight is 466 g/mol. The van der Waals surface area contributed by atoms with Gasteiger partial charge in [-0.1, -0.05) is 0 Å². The number of aromatic nitrogens is 1. The Balaban J connectivity index is 0.00000288. The van der Waals surface area contributed by atoms with Gasteiger partial charge in [0.1, 0.15) is 5.01 Å². The van der Waals surface area contributed by atoms with Crippen molar-refractivity contribution in [1.29, 1.82) is 0 Å². The van der Waals surface area contributed by atoms with Gasteiger partial charge in [-0.05, 0) is 34.9 Å². The van der Waals surface area contributed by atoms with E-state index in [1.54, 1.807) is 11.3 Å². The Kier molecular flexibility index (Phi) is 9.47. The fraction of sp³-hybridized carbons (Fsp3) is 0.750. The molecule has 0 radical (unpaired) electrons. The highest BCUT2D eigenvalue weighted by Crippen LogP contribution is 2.16. The minimum absolute atomic E-state index is 0. The summed E-state index contributed by atoms with van der Waals surface area (Å²) in [6, 6.07) is 0.516.